The van der Waals surface area contributed by atoms with E-state index < -0.39 is 17.1 Å². The number of halogens is 2. The summed E-state index contributed by atoms with van der Waals surface area (Å²) in [6.07, 6.45) is 2.45. The van der Waals surface area contributed by atoms with Crippen molar-refractivity contribution in [2.24, 2.45) is 5.92 Å². The van der Waals surface area contributed by atoms with Crippen LogP contribution in [-0.4, -0.2) is 18.1 Å². The summed E-state index contributed by atoms with van der Waals surface area (Å²) in [7, 11) is 0. The van der Waals surface area contributed by atoms with Crippen LogP contribution in [0.5, 0.6) is 0 Å². The average molecular weight is 368 g/mol. The first-order valence-corrected chi connectivity index (χ1v) is 9.31. The molecule has 140 valence electrons. The molecular weight excluding hydrogens is 346 g/mol. The minimum Gasteiger partial charge on any atom is -0.371 e. The quantitative estimate of drug-likeness (QED) is 0.690. The number of pyridine rings is 1. The molecule has 1 saturated heterocycles. The van der Waals surface area contributed by atoms with Gasteiger partial charge in [0.15, 0.2) is 5.43 Å². The fourth-order valence-corrected chi connectivity index (χ4v) is 3.98. The molecular formula is C22H22F2N2O. The molecule has 1 atom stereocenters. The van der Waals surface area contributed by atoms with E-state index in [2.05, 4.69) is 16.8 Å². The number of aromatic nitrogens is 1. The molecule has 0 saturated carbocycles. The zero-order valence-electron chi connectivity index (χ0n) is 15.5. The van der Waals surface area contributed by atoms with Crippen LogP contribution in [0.2, 0.25) is 0 Å². The van der Waals surface area contributed by atoms with Crippen LogP contribution >= 0.6 is 0 Å². The standard InChI is InChI=1S/C22H22F2N2O/c1-13-4-3-9-26(12-13)17-7-5-15(6-8-17)21-14(2)22(27)20-18(24)10-16(23)11-19(20)25-21/h5-8,10-11,13H,3-4,9,12H2,1-2H3,(H,25,27)/t13-/m1/s1. The molecule has 0 amide bonds. The van der Waals surface area contributed by atoms with Crippen LogP contribution in [0.1, 0.15) is 25.3 Å². The van der Waals surface area contributed by atoms with E-state index in [-0.39, 0.29) is 10.9 Å². The Hall–Kier alpha value is -2.69. The maximum atomic E-state index is 14.0. The predicted octanol–water partition coefficient (Wildman–Crippen LogP) is 5.02. The van der Waals surface area contributed by atoms with Crippen LogP contribution in [0, 0.1) is 24.5 Å². The number of hydrogen-bond acceptors (Lipinski definition) is 2. The van der Waals surface area contributed by atoms with Crippen molar-refractivity contribution in [2.45, 2.75) is 26.7 Å². The summed E-state index contributed by atoms with van der Waals surface area (Å²) in [5.41, 5.74) is 2.76. The normalized spacial score (nSPS) is 17.5. The van der Waals surface area contributed by atoms with Gasteiger partial charge in [0.1, 0.15) is 11.6 Å². The highest BCUT2D eigenvalue weighted by atomic mass is 19.1. The van der Waals surface area contributed by atoms with Crippen molar-refractivity contribution in [3.05, 3.63) is 63.8 Å². The molecule has 0 unspecified atom stereocenters. The van der Waals surface area contributed by atoms with E-state index in [0.717, 1.165) is 36.5 Å². The van der Waals surface area contributed by atoms with E-state index in [0.29, 0.717) is 17.2 Å². The molecule has 2 heterocycles. The maximum Gasteiger partial charge on any atom is 0.195 e. The summed E-state index contributed by atoms with van der Waals surface area (Å²) in [6, 6.07) is 9.89. The van der Waals surface area contributed by atoms with Gasteiger partial charge >= 0.3 is 0 Å². The number of anilines is 1. The Kier molecular flexibility index (Phi) is 4.46. The van der Waals surface area contributed by atoms with Gasteiger partial charge in [0.05, 0.1) is 16.6 Å². The minimum atomic E-state index is -0.838. The van der Waals surface area contributed by atoms with Crippen molar-refractivity contribution in [1.29, 1.82) is 0 Å². The summed E-state index contributed by atoms with van der Waals surface area (Å²) >= 11 is 0. The molecule has 0 spiro atoms. The third-order valence-electron chi connectivity index (χ3n) is 5.44. The Morgan fingerprint density at radius 3 is 2.59 bits per heavy atom. The Morgan fingerprint density at radius 1 is 1.15 bits per heavy atom. The fraction of sp³-hybridized carbons (Fsp3) is 0.318. The first-order valence-electron chi connectivity index (χ1n) is 9.31. The third kappa shape index (κ3) is 3.22. The van der Waals surface area contributed by atoms with E-state index in [9.17, 15) is 13.6 Å². The fourth-order valence-electron chi connectivity index (χ4n) is 3.98. The first kappa shape index (κ1) is 17.7. The molecule has 0 aliphatic carbocycles. The predicted molar refractivity (Wildman–Crippen MR) is 105 cm³/mol. The van der Waals surface area contributed by atoms with Gasteiger partial charge in [0.2, 0.25) is 0 Å². The summed E-state index contributed by atoms with van der Waals surface area (Å²) in [5.74, 6) is -0.863. The molecule has 0 radical (unpaired) electrons. The second-order valence-electron chi connectivity index (χ2n) is 7.50. The van der Waals surface area contributed by atoms with E-state index in [1.807, 2.05) is 24.3 Å². The van der Waals surface area contributed by atoms with Crippen molar-refractivity contribution >= 4 is 16.6 Å². The number of rotatable bonds is 2. The molecule has 1 aliphatic heterocycles. The maximum absolute atomic E-state index is 14.0. The summed E-state index contributed by atoms with van der Waals surface area (Å²) in [4.78, 5) is 18.0. The number of hydrogen-bond donors (Lipinski definition) is 1. The van der Waals surface area contributed by atoms with Crippen molar-refractivity contribution in [3.63, 3.8) is 0 Å². The average Bonchev–Trinajstić information content (AvgIpc) is 2.64. The van der Waals surface area contributed by atoms with Gasteiger partial charge in [-0.2, -0.15) is 0 Å². The number of piperidine rings is 1. The highest BCUT2D eigenvalue weighted by Gasteiger charge is 2.18. The van der Waals surface area contributed by atoms with E-state index in [1.165, 1.54) is 12.8 Å². The lowest BCUT2D eigenvalue weighted by Crippen LogP contribution is -2.34. The first-order chi connectivity index (χ1) is 12.9. The monoisotopic (exact) mass is 368 g/mol. The Bertz CT molecular complexity index is 1060. The summed E-state index contributed by atoms with van der Waals surface area (Å²) < 4.78 is 27.6. The molecule has 0 bridgehead atoms. The Balaban J connectivity index is 1.76. The van der Waals surface area contributed by atoms with Crippen molar-refractivity contribution in [3.8, 4) is 11.3 Å². The SMILES string of the molecule is Cc1c(-c2ccc(N3CCC[C@@H](C)C3)cc2)[nH]c2cc(F)cc(F)c2c1=O. The van der Waals surface area contributed by atoms with Crippen LogP contribution in [-0.2, 0) is 0 Å². The van der Waals surface area contributed by atoms with Gasteiger partial charge in [0, 0.05) is 30.4 Å². The van der Waals surface area contributed by atoms with Gasteiger partial charge in [-0.05, 0) is 49.4 Å². The Labute approximate surface area is 156 Å². The molecule has 4 rings (SSSR count). The highest BCUT2D eigenvalue weighted by molar-refractivity contribution is 5.84. The number of H-pyrrole nitrogens is 1. The van der Waals surface area contributed by atoms with Gasteiger partial charge in [0.25, 0.3) is 0 Å². The van der Waals surface area contributed by atoms with Crippen molar-refractivity contribution in [1.82, 2.24) is 4.98 Å². The number of aromatic amines is 1. The molecule has 3 aromatic rings. The van der Waals surface area contributed by atoms with E-state index in [1.54, 1.807) is 6.92 Å². The van der Waals surface area contributed by atoms with Gasteiger partial charge in [-0.25, -0.2) is 8.78 Å². The smallest absolute Gasteiger partial charge is 0.195 e. The number of nitrogens with zero attached hydrogens (tertiary/aromatic N) is 1. The van der Waals surface area contributed by atoms with Crippen LogP contribution < -0.4 is 10.3 Å². The van der Waals surface area contributed by atoms with Crippen molar-refractivity contribution in [2.75, 3.05) is 18.0 Å². The Morgan fingerprint density at radius 2 is 1.89 bits per heavy atom. The molecule has 5 heteroatoms. The summed E-state index contributed by atoms with van der Waals surface area (Å²) in [6.45, 7) is 6.02. The molecule has 1 aliphatic rings. The lowest BCUT2D eigenvalue weighted by atomic mass is 9.99. The van der Waals surface area contributed by atoms with Crippen LogP contribution in [0.3, 0.4) is 0 Å². The number of benzene rings is 2. The zero-order valence-corrected chi connectivity index (χ0v) is 15.5. The largest absolute Gasteiger partial charge is 0.371 e. The molecule has 2 aromatic carbocycles. The van der Waals surface area contributed by atoms with Crippen LogP contribution in [0.4, 0.5) is 14.5 Å². The molecule has 1 aromatic heterocycles. The van der Waals surface area contributed by atoms with Crippen LogP contribution in [0.25, 0.3) is 22.2 Å². The third-order valence-corrected chi connectivity index (χ3v) is 5.44. The molecule has 27 heavy (non-hydrogen) atoms. The minimum absolute atomic E-state index is 0.100. The summed E-state index contributed by atoms with van der Waals surface area (Å²) in [5, 5.41) is -0.100. The van der Waals surface area contributed by atoms with Gasteiger partial charge in [-0.1, -0.05) is 19.1 Å². The topological polar surface area (TPSA) is 36.1 Å². The van der Waals surface area contributed by atoms with Crippen LogP contribution in [0.15, 0.2) is 41.2 Å². The molecule has 1 N–H and O–H groups in total. The lowest BCUT2D eigenvalue weighted by molar-refractivity contribution is 0.447. The van der Waals surface area contributed by atoms with Gasteiger partial charge < -0.3 is 9.88 Å². The number of nitrogens with one attached hydrogen (secondary N) is 1. The molecule has 3 nitrogen and oxygen atoms in total. The van der Waals surface area contributed by atoms with E-state index in [4.69, 9.17) is 0 Å². The van der Waals surface area contributed by atoms with E-state index >= 15 is 0 Å². The second-order valence-corrected chi connectivity index (χ2v) is 7.50. The van der Waals surface area contributed by atoms with Crippen molar-refractivity contribution < 1.29 is 8.78 Å². The van der Waals surface area contributed by atoms with Gasteiger partial charge in [-0.15, -0.1) is 0 Å². The number of fused-ring (bicyclic) bond motifs is 1. The highest BCUT2D eigenvalue weighted by Crippen LogP contribution is 2.28. The second kappa shape index (κ2) is 6.80. The zero-order chi connectivity index (χ0) is 19.1. The molecule has 1 fully saturated rings. The van der Waals surface area contributed by atoms with Gasteiger partial charge in [-0.3, -0.25) is 4.79 Å². The lowest BCUT2D eigenvalue weighted by Gasteiger charge is -2.32.